The monoisotopic (exact) mass is 316 g/mol. The van der Waals surface area contributed by atoms with E-state index in [-0.39, 0.29) is 0 Å². The van der Waals surface area contributed by atoms with Gasteiger partial charge in [-0.05, 0) is 45.2 Å². The lowest BCUT2D eigenvalue weighted by molar-refractivity contribution is 0.245. The first-order valence-electron chi connectivity index (χ1n) is 6.04. The summed E-state index contributed by atoms with van der Waals surface area (Å²) in [7, 11) is 2.05. The average molecular weight is 317 g/mol. The molecule has 0 unspecified atom stereocenters. The van der Waals surface area contributed by atoms with Gasteiger partial charge in [0, 0.05) is 17.5 Å². The van der Waals surface area contributed by atoms with E-state index in [1.54, 1.807) is 17.7 Å². The van der Waals surface area contributed by atoms with E-state index < -0.39 is 0 Å². The minimum absolute atomic E-state index is 0.336. The fourth-order valence-electron chi connectivity index (χ4n) is 1.78. The fraction of sp³-hybridized carbons (Fsp3) is 0.500. The van der Waals surface area contributed by atoms with E-state index in [1.165, 1.54) is 4.88 Å². The van der Waals surface area contributed by atoms with Crippen LogP contribution in [0.2, 0.25) is 4.34 Å². The van der Waals surface area contributed by atoms with E-state index in [4.69, 9.17) is 23.8 Å². The minimum Gasteiger partial charge on any atom is -0.304 e. The molecule has 0 saturated heterocycles. The van der Waals surface area contributed by atoms with Crippen LogP contribution in [-0.2, 0) is 13.2 Å². The largest absolute Gasteiger partial charge is 0.304 e. The Morgan fingerprint density at radius 3 is 2.74 bits per heavy atom. The molecule has 104 valence electrons. The molecule has 2 aromatic rings. The first-order chi connectivity index (χ1) is 8.97. The Bertz CT molecular complexity index is 599. The second-order valence-corrected chi connectivity index (χ2v) is 6.94. The summed E-state index contributed by atoms with van der Waals surface area (Å²) in [6, 6.07) is 4.31. The first-order valence-corrected chi connectivity index (χ1v) is 7.64. The van der Waals surface area contributed by atoms with Crippen LogP contribution in [0.1, 0.15) is 24.8 Å². The van der Waals surface area contributed by atoms with Crippen LogP contribution < -0.4 is 0 Å². The molecule has 2 heterocycles. The van der Waals surface area contributed by atoms with Crippen molar-refractivity contribution >= 4 is 35.2 Å². The molecule has 0 bridgehead atoms. The summed E-state index contributed by atoms with van der Waals surface area (Å²) in [5.41, 5.74) is 0. The third-order valence-electron chi connectivity index (χ3n) is 2.74. The van der Waals surface area contributed by atoms with Crippen LogP contribution in [-0.4, -0.2) is 26.3 Å². The standard InChI is InChI=1S/C12H17ClN4S2/c1-9(2)16-7-14-17(12(16)18)8-15(3)6-10-4-5-11(13)19-10/h4-5,7,9H,6,8H2,1-3H3. The SMILES string of the molecule is CC(C)n1cnn(CN(C)Cc2ccc(Cl)s2)c1=S. The molecule has 2 aromatic heterocycles. The number of aromatic nitrogens is 3. The van der Waals surface area contributed by atoms with E-state index >= 15 is 0 Å². The number of rotatable bonds is 5. The smallest absolute Gasteiger partial charge is 0.199 e. The highest BCUT2D eigenvalue weighted by Crippen LogP contribution is 2.22. The third-order valence-corrected chi connectivity index (χ3v) is 4.38. The summed E-state index contributed by atoms with van der Waals surface area (Å²) in [6.07, 6.45) is 1.79. The van der Waals surface area contributed by atoms with Crippen LogP contribution in [0.3, 0.4) is 0 Å². The van der Waals surface area contributed by atoms with Crippen molar-refractivity contribution in [3.63, 3.8) is 0 Å². The fourth-order valence-corrected chi connectivity index (χ4v) is 3.31. The molecule has 2 rings (SSSR count). The van der Waals surface area contributed by atoms with E-state index in [1.807, 2.05) is 22.4 Å². The summed E-state index contributed by atoms with van der Waals surface area (Å²) in [5, 5.41) is 4.33. The zero-order chi connectivity index (χ0) is 14.0. The van der Waals surface area contributed by atoms with Gasteiger partial charge in [-0.25, -0.2) is 4.68 Å². The van der Waals surface area contributed by atoms with Gasteiger partial charge in [0.2, 0.25) is 0 Å². The Balaban J connectivity index is 2.03. The van der Waals surface area contributed by atoms with Crippen LogP contribution >= 0.6 is 35.2 Å². The van der Waals surface area contributed by atoms with Crippen molar-refractivity contribution in [1.29, 1.82) is 0 Å². The number of thiophene rings is 1. The predicted molar refractivity (Wildman–Crippen MR) is 82.2 cm³/mol. The maximum atomic E-state index is 5.93. The first kappa shape index (κ1) is 14.7. The van der Waals surface area contributed by atoms with Crippen molar-refractivity contribution < 1.29 is 0 Å². The molecule has 0 aliphatic rings. The number of nitrogens with zero attached hydrogens (tertiary/aromatic N) is 4. The molecule has 0 saturated carbocycles. The highest BCUT2D eigenvalue weighted by Gasteiger charge is 2.08. The molecule has 0 atom stereocenters. The topological polar surface area (TPSA) is 26.0 Å². The lowest BCUT2D eigenvalue weighted by atomic mass is 10.4. The maximum absolute atomic E-state index is 5.93. The van der Waals surface area contributed by atoms with E-state index in [9.17, 15) is 0 Å². The Labute approximate surface area is 127 Å². The van der Waals surface area contributed by atoms with Gasteiger partial charge in [-0.15, -0.1) is 11.3 Å². The molecule has 0 radical (unpaired) electrons. The van der Waals surface area contributed by atoms with Crippen molar-refractivity contribution in [2.45, 2.75) is 33.1 Å². The lowest BCUT2D eigenvalue weighted by Crippen LogP contribution is -2.22. The van der Waals surface area contributed by atoms with Gasteiger partial charge in [-0.3, -0.25) is 4.90 Å². The molecule has 19 heavy (non-hydrogen) atoms. The second kappa shape index (κ2) is 6.17. The Hall–Kier alpha value is -0.690. The van der Waals surface area contributed by atoms with Gasteiger partial charge in [-0.2, -0.15) is 5.10 Å². The van der Waals surface area contributed by atoms with E-state index in [0.717, 1.165) is 15.7 Å². The van der Waals surface area contributed by atoms with Gasteiger partial charge in [0.25, 0.3) is 0 Å². The van der Waals surface area contributed by atoms with Gasteiger partial charge in [0.05, 0.1) is 11.0 Å². The molecule has 0 fully saturated rings. The summed E-state index contributed by atoms with van der Waals surface area (Å²) in [5.74, 6) is 0. The van der Waals surface area contributed by atoms with E-state index in [2.05, 4.69) is 29.9 Å². The summed E-state index contributed by atoms with van der Waals surface area (Å²) >= 11 is 12.9. The molecule has 0 aliphatic heterocycles. The molecular formula is C12H17ClN4S2. The number of hydrogen-bond acceptors (Lipinski definition) is 4. The average Bonchev–Trinajstić information content (AvgIpc) is 2.87. The summed E-state index contributed by atoms with van der Waals surface area (Å²) in [6.45, 7) is 5.71. The maximum Gasteiger partial charge on any atom is 0.199 e. The van der Waals surface area contributed by atoms with Gasteiger partial charge >= 0.3 is 0 Å². The van der Waals surface area contributed by atoms with Crippen molar-refractivity contribution in [1.82, 2.24) is 19.2 Å². The van der Waals surface area contributed by atoms with Crippen molar-refractivity contribution in [2.24, 2.45) is 0 Å². The Morgan fingerprint density at radius 2 is 2.21 bits per heavy atom. The molecule has 0 N–H and O–H groups in total. The van der Waals surface area contributed by atoms with Crippen molar-refractivity contribution in [2.75, 3.05) is 7.05 Å². The molecule has 7 heteroatoms. The predicted octanol–water partition coefficient (Wildman–Crippen LogP) is 3.80. The molecular weight excluding hydrogens is 300 g/mol. The normalized spacial score (nSPS) is 11.7. The number of hydrogen-bond donors (Lipinski definition) is 0. The molecule has 0 aliphatic carbocycles. The summed E-state index contributed by atoms with van der Waals surface area (Å²) in [4.78, 5) is 3.40. The Morgan fingerprint density at radius 1 is 1.47 bits per heavy atom. The zero-order valence-electron chi connectivity index (χ0n) is 11.2. The van der Waals surface area contributed by atoms with Crippen LogP contribution in [0, 0.1) is 4.77 Å². The highest BCUT2D eigenvalue weighted by molar-refractivity contribution is 7.71. The van der Waals surface area contributed by atoms with Gasteiger partial charge in [-0.1, -0.05) is 11.6 Å². The molecule has 0 aromatic carbocycles. The van der Waals surface area contributed by atoms with E-state index in [0.29, 0.717) is 12.7 Å². The molecule has 0 amide bonds. The summed E-state index contributed by atoms with van der Waals surface area (Å²) < 4.78 is 5.41. The second-order valence-electron chi connectivity index (χ2n) is 4.78. The third kappa shape index (κ3) is 3.66. The van der Waals surface area contributed by atoms with Gasteiger partial charge < -0.3 is 4.57 Å². The lowest BCUT2D eigenvalue weighted by Gasteiger charge is -2.15. The van der Waals surface area contributed by atoms with Gasteiger partial charge in [0.1, 0.15) is 6.33 Å². The highest BCUT2D eigenvalue weighted by atomic mass is 35.5. The Kier molecular flexibility index (Phi) is 4.78. The van der Waals surface area contributed by atoms with Crippen LogP contribution in [0.25, 0.3) is 0 Å². The van der Waals surface area contributed by atoms with Crippen LogP contribution in [0.15, 0.2) is 18.5 Å². The molecule has 0 spiro atoms. The van der Waals surface area contributed by atoms with Gasteiger partial charge in [0.15, 0.2) is 4.77 Å². The number of halogens is 1. The zero-order valence-corrected chi connectivity index (χ0v) is 13.6. The quantitative estimate of drug-likeness (QED) is 0.785. The van der Waals surface area contributed by atoms with Crippen LogP contribution in [0.4, 0.5) is 0 Å². The van der Waals surface area contributed by atoms with Crippen molar-refractivity contribution in [3.8, 4) is 0 Å². The minimum atomic E-state index is 0.336. The van der Waals surface area contributed by atoms with Crippen molar-refractivity contribution in [3.05, 3.63) is 32.4 Å². The molecule has 4 nitrogen and oxygen atoms in total. The van der Waals surface area contributed by atoms with Crippen LogP contribution in [0.5, 0.6) is 0 Å².